The van der Waals surface area contributed by atoms with E-state index < -0.39 is 5.54 Å². The first-order valence-corrected chi connectivity index (χ1v) is 5.78. The van der Waals surface area contributed by atoms with Crippen LogP contribution in [0.5, 0.6) is 0 Å². The van der Waals surface area contributed by atoms with Crippen LogP contribution in [0.1, 0.15) is 39.5 Å². The van der Waals surface area contributed by atoms with Crippen LogP contribution in [0.15, 0.2) is 0 Å². The van der Waals surface area contributed by atoms with Gasteiger partial charge in [-0.15, -0.1) is 0 Å². The van der Waals surface area contributed by atoms with Crippen molar-refractivity contribution in [3.8, 4) is 6.07 Å². The summed E-state index contributed by atoms with van der Waals surface area (Å²) in [6.45, 7) is 3.49. The summed E-state index contributed by atoms with van der Waals surface area (Å²) in [6, 6.07) is 2.10. The molecule has 0 aliphatic heterocycles. The average molecular weight is 206 g/mol. The number of hydrogen-bond acceptors (Lipinski definition) is 2. The fraction of sp³-hybridized carbons (Fsp3) is 0.833. The van der Waals surface area contributed by atoms with E-state index in [1.807, 2.05) is 0 Å². The van der Waals surface area contributed by atoms with Crippen molar-refractivity contribution < 1.29 is 4.79 Å². The highest BCUT2D eigenvalue weighted by molar-refractivity contribution is 5.83. The van der Waals surface area contributed by atoms with Crippen LogP contribution in [0.2, 0.25) is 0 Å². The molecule has 1 N–H and O–H groups in total. The van der Waals surface area contributed by atoms with Gasteiger partial charge in [-0.05, 0) is 38.5 Å². The topological polar surface area (TPSA) is 52.9 Å². The largest absolute Gasteiger partial charge is 0.338 e. The Morgan fingerprint density at radius 1 is 1.33 bits per heavy atom. The zero-order chi connectivity index (χ0) is 11.1. The second kappa shape index (κ2) is 3.52. The Morgan fingerprint density at radius 3 is 2.33 bits per heavy atom. The number of fused-ring (bicyclic) bond motifs is 1. The summed E-state index contributed by atoms with van der Waals surface area (Å²) in [7, 11) is 0. The van der Waals surface area contributed by atoms with Crippen LogP contribution in [0.4, 0.5) is 0 Å². The lowest BCUT2D eigenvalue weighted by molar-refractivity contribution is -0.123. The monoisotopic (exact) mass is 206 g/mol. The Morgan fingerprint density at radius 2 is 1.87 bits per heavy atom. The van der Waals surface area contributed by atoms with Gasteiger partial charge in [-0.1, -0.05) is 12.8 Å². The highest BCUT2D eigenvalue weighted by atomic mass is 16.2. The summed E-state index contributed by atoms with van der Waals surface area (Å²) in [5.74, 6) is 1.54. The number of carbonyl (C=O) groups excluding carboxylic acids is 1. The standard InChI is InChI=1S/C12H18N2O/c1-12(2,7-13)14-11(15)10-8-5-3-4-6-9(8)10/h8-10H,3-6H2,1-2H3,(H,14,15). The first-order valence-electron chi connectivity index (χ1n) is 5.78. The maximum absolute atomic E-state index is 11.9. The van der Waals surface area contributed by atoms with Gasteiger partial charge in [0.2, 0.25) is 5.91 Å². The zero-order valence-electron chi connectivity index (χ0n) is 9.42. The molecular formula is C12H18N2O. The normalized spacial score (nSPS) is 33.8. The number of amides is 1. The van der Waals surface area contributed by atoms with Crippen LogP contribution in [0.25, 0.3) is 0 Å². The van der Waals surface area contributed by atoms with Crippen molar-refractivity contribution >= 4 is 5.91 Å². The number of nitriles is 1. The molecule has 2 aliphatic carbocycles. The average Bonchev–Trinajstić information content (AvgIpc) is 2.91. The zero-order valence-corrected chi connectivity index (χ0v) is 9.42. The molecule has 2 saturated carbocycles. The SMILES string of the molecule is CC(C)(C#N)NC(=O)C1C2CCCCC21. The van der Waals surface area contributed by atoms with Crippen LogP contribution in [-0.2, 0) is 4.79 Å². The maximum Gasteiger partial charge on any atom is 0.224 e. The van der Waals surface area contributed by atoms with Crippen LogP contribution in [-0.4, -0.2) is 11.4 Å². The molecule has 0 radical (unpaired) electrons. The highest BCUT2D eigenvalue weighted by Crippen LogP contribution is 2.55. The van der Waals surface area contributed by atoms with Gasteiger partial charge in [0, 0.05) is 5.92 Å². The minimum absolute atomic E-state index is 0.0958. The van der Waals surface area contributed by atoms with Crippen LogP contribution in [0, 0.1) is 29.1 Å². The van der Waals surface area contributed by atoms with Gasteiger partial charge in [-0.25, -0.2) is 0 Å². The Hall–Kier alpha value is -1.04. The van der Waals surface area contributed by atoms with Gasteiger partial charge in [-0.2, -0.15) is 5.26 Å². The van der Waals surface area contributed by atoms with Crippen LogP contribution in [0.3, 0.4) is 0 Å². The van der Waals surface area contributed by atoms with Crippen molar-refractivity contribution in [3.63, 3.8) is 0 Å². The molecule has 2 unspecified atom stereocenters. The molecule has 1 amide bonds. The minimum Gasteiger partial charge on any atom is -0.338 e. The van der Waals surface area contributed by atoms with Crippen LogP contribution < -0.4 is 5.32 Å². The Kier molecular flexibility index (Phi) is 2.46. The number of nitrogens with one attached hydrogen (secondary N) is 1. The number of rotatable bonds is 2. The molecule has 0 aromatic carbocycles. The lowest BCUT2D eigenvalue weighted by Gasteiger charge is -2.17. The molecule has 0 heterocycles. The fourth-order valence-electron chi connectivity index (χ4n) is 2.80. The van der Waals surface area contributed by atoms with Gasteiger partial charge in [-0.3, -0.25) is 4.79 Å². The number of hydrogen-bond donors (Lipinski definition) is 1. The summed E-state index contributed by atoms with van der Waals surface area (Å²) in [5.41, 5.74) is -0.719. The summed E-state index contributed by atoms with van der Waals surface area (Å²) < 4.78 is 0. The predicted molar refractivity (Wildman–Crippen MR) is 56.8 cm³/mol. The molecule has 3 nitrogen and oxygen atoms in total. The van der Waals surface area contributed by atoms with Crippen molar-refractivity contribution in [1.29, 1.82) is 5.26 Å². The lowest BCUT2D eigenvalue weighted by atomic mass is 10.0. The van der Waals surface area contributed by atoms with Crippen molar-refractivity contribution in [1.82, 2.24) is 5.32 Å². The van der Waals surface area contributed by atoms with Gasteiger partial charge in [0.1, 0.15) is 5.54 Å². The minimum atomic E-state index is -0.719. The molecule has 2 rings (SSSR count). The first-order chi connectivity index (χ1) is 7.05. The molecule has 2 atom stereocenters. The third-order valence-corrected chi connectivity index (χ3v) is 3.67. The molecule has 15 heavy (non-hydrogen) atoms. The quantitative estimate of drug-likeness (QED) is 0.749. The summed E-state index contributed by atoms with van der Waals surface area (Å²) >= 11 is 0. The molecule has 0 bridgehead atoms. The third kappa shape index (κ3) is 1.99. The van der Waals surface area contributed by atoms with E-state index >= 15 is 0 Å². The van der Waals surface area contributed by atoms with E-state index in [2.05, 4.69) is 11.4 Å². The maximum atomic E-state index is 11.9. The summed E-state index contributed by atoms with van der Waals surface area (Å²) in [6.07, 6.45) is 4.95. The van der Waals surface area contributed by atoms with E-state index in [1.54, 1.807) is 13.8 Å². The Labute approximate surface area is 90.8 Å². The van der Waals surface area contributed by atoms with Gasteiger partial charge in [0.25, 0.3) is 0 Å². The number of nitrogens with zero attached hydrogens (tertiary/aromatic N) is 1. The van der Waals surface area contributed by atoms with Gasteiger partial charge >= 0.3 is 0 Å². The van der Waals surface area contributed by atoms with E-state index in [9.17, 15) is 4.79 Å². The molecule has 2 aliphatic rings. The lowest BCUT2D eigenvalue weighted by Crippen LogP contribution is -2.43. The van der Waals surface area contributed by atoms with E-state index in [0.717, 1.165) is 0 Å². The molecule has 0 saturated heterocycles. The highest BCUT2D eigenvalue weighted by Gasteiger charge is 2.55. The smallest absolute Gasteiger partial charge is 0.224 e. The second-order valence-electron chi connectivity index (χ2n) is 5.36. The molecule has 3 heteroatoms. The predicted octanol–water partition coefficient (Wildman–Crippen LogP) is 1.84. The summed E-state index contributed by atoms with van der Waals surface area (Å²) in [5, 5.41) is 11.7. The third-order valence-electron chi connectivity index (χ3n) is 3.67. The Balaban J connectivity index is 1.91. The van der Waals surface area contributed by atoms with E-state index in [4.69, 9.17) is 5.26 Å². The molecule has 2 fully saturated rings. The van der Waals surface area contributed by atoms with Crippen molar-refractivity contribution in [2.45, 2.75) is 45.1 Å². The molecule has 0 spiro atoms. The first kappa shape index (κ1) is 10.5. The van der Waals surface area contributed by atoms with Crippen molar-refractivity contribution in [2.75, 3.05) is 0 Å². The fourth-order valence-corrected chi connectivity index (χ4v) is 2.80. The van der Waals surface area contributed by atoms with Gasteiger partial charge in [0.15, 0.2) is 0 Å². The molecular weight excluding hydrogens is 188 g/mol. The number of carbonyl (C=O) groups is 1. The van der Waals surface area contributed by atoms with Crippen LogP contribution >= 0.6 is 0 Å². The van der Waals surface area contributed by atoms with Crippen molar-refractivity contribution in [2.24, 2.45) is 17.8 Å². The summed E-state index contributed by atoms with van der Waals surface area (Å²) in [4.78, 5) is 11.9. The van der Waals surface area contributed by atoms with Crippen molar-refractivity contribution in [3.05, 3.63) is 0 Å². The van der Waals surface area contributed by atoms with E-state index in [0.29, 0.717) is 11.8 Å². The molecule has 0 aromatic rings. The molecule has 82 valence electrons. The van der Waals surface area contributed by atoms with Gasteiger partial charge < -0.3 is 5.32 Å². The van der Waals surface area contributed by atoms with Gasteiger partial charge in [0.05, 0.1) is 6.07 Å². The van der Waals surface area contributed by atoms with E-state index in [-0.39, 0.29) is 11.8 Å². The molecule has 0 aromatic heterocycles. The second-order valence-corrected chi connectivity index (χ2v) is 5.36. The Bertz CT molecular complexity index is 304. The van der Waals surface area contributed by atoms with E-state index in [1.165, 1.54) is 25.7 Å².